The van der Waals surface area contributed by atoms with Crippen LogP contribution in [0.4, 0.5) is 4.79 Å². The van der Waals surface area contributed by atoms with E-state index in [1.54, 1.807) is 6.92 Å². The van der Waals surface area contributed by atoms with Crippen molar-refractivity contribution in [1.82, 2.24) is 5.32 Å². The lowest BCUT2D eigenvalue weighted by Crippen LogP contribution is -2.46. The van der Waals surface area contributed by atoms with Crippen molar-refractivity contribution in [3.63, 3.8) is 0 Å². The van der Waals surface area contributed by atoms with Crippen LogP contribution < -0.4 is 5.32 Å². The molecule has 3 rings (SSSR count). The van der Waals surface area contributed by atoms with Gasteiger partial charge in [0.2, 0.25) is 0 Å². The minimum atomic E-state index is -1.33. The average Bonchev–Trinajstić information content (AvgIpc) is 2.81. The Morgan fingerprint density at radius 2 is 1.58 bits per heavy atom. The molecule has 31 heavy (non-hydrogen) atoms. The molecule has 2 aromatic rings. The zero-order chi connectivity index (χ0) is 22.1. The Balaban J connectivity index is 1.75. The van der Waals surface area contributed by atoms with E-state index in [-0.39, 0.29) is 13.2 Å². The zero-order valence-electron chi connectivity index (χ0n) is 17.3. The third-order valence-corrected chi connectivity index (χ3v) is 4.87. The fourth-order valence-electron chi connectivity index (χ4n) is 3.28. The lowest BCUT2D eigenvalue weighted by Gasteiger charge is -2.30. The topological polar surface area (TPSA) is 103 Å². The number of rotatable bonds is 7. The van der Waals surface area contributed by atoms with Gasteiger partial charge in [0, 0.05) is 0 Å². The van der Waals surface area contributed by atoms with Gasteiger partial charge in [0.1, 0.15) is 18.3 Å². The molecule has 1 saturated heterocycles. The summed E-state index contributed by atoms with van der Waals surface area (Å²) in [5.41, 5.74) is 1.95. The van der Waals surface area contributed by atoms with Crippen LogP contribution in [0.1, 0.15) is 18.1 Å². The maximum atomic E-state index is 12.4. The summed E-state index contributed by atoms with van der Waals surface area (Å²) >= 11 is 0. The van der Waals surface area contributed by atoms with E-state index < -0.39 is 36.4 Å². The molecule has 8 nitrogen and oxygen atoms in total. The number of hydrogen-bond donors (Lipinski definition) is 2. The third kappa shape index (κ3) is 7.06. The number of cyclic esters (lactones) is 1. The number of carboxylic acid groups (broad SMARTS) is 1. The fraction of sp³-hybridized carbons (Fsp3) is 0.391. The van der Waals surface area contributed by atoms with Gasteiger partial charge in [-0.05, 0) is 18.1 Å². The number of esters is 1. The maximum Gasteiger partial charge on any atom is 0.405 e. The second kappa shape index (κ2) is 11.5. The molecule has 0 radical (unpaired) electrons. The van der Waals surface area contributed by atoms with E-state index in [9.17, 15) is 9.59 Å². The van der Waals surface area contributed by atoms with Crippen molar-refractivity contribution < 1.29 is 33.6 Å². The van der Waals surface area contributed by atoms with E-state index in [0.717, 1.165) is 11.1 Å². The van der Waals surface area contributed by atoms with Crippen molar-refractivity contribution in [3.05, 3.63) is 71.8 Å². The van der Waals surface area contributed by atoms with Crippen molar-refractivity contribution in [2.24, 2.45) is 0 Å². The van der Waals surface area contributed by atoms with Crippen LogP contribution in [-0.4, -0.2) is 54.7 Å². The van der Waals surface area contributed by atoms with Gasteiger partial charge < -0.3 is 29.4 Å². The number of ether oxygens (including phenoxy) is 4. The molecule has 2 N–H and O–H groups in total. The van der Waals surface area contributed by atoms with Crippen LogP contribution in [0.5, 0.6) is 0 Å². The molecular weight excluding hydrogens is 402 g/mol. The van der Waals surface area contributed by atoms with Crippen LogP contribution in [-0.2, 0) is 37.0 Å². The molecule has 2 aromatic carbocycles. The van der Waals surface area contributed by atoms with Crippen LogP contribution >= 0.6 is 0 Å². The monoisotopic (exact) mass is 429 g/mol. The molecule has 0 aromatic heterocycles. The van der Waals surface area contributed by atoms with Crippen molar-refractivity contribution in [3.8, 4) is 0 Å². The van der Waals surface area contributed by atoms with Gasteiger partial charge in [-0.2, -0.15) is 0 Å². The van der Waals surface area contributed by atoms with Crippen molar-refractivity contribution >= 4 is 12.1 Å². The Hall–Kier alpha value is -2.94. The van der Waals surface area contributed by atoms with Gasteiger partial charge in [0.25, 0.3) is 0 Å². The molecule has 0 saturated carbocycles. The summed E-state index contributed by atoms with van der Waals surface area (Å²) in [6.45, 7) is 2.29. The minimum absolute atomic E-state index is 0.116. The first kappa shape index (κ1) is 22.7. The molecular formula is C23H27NO7. The second-order valence-electron chi connectivity index (χ2n) is 7.28. The first-order valence-corrected chi connectivity index (χ1v) is 10.1. The summed E-state index contributed by atoms with van der Waals surface area (Å²) in [6.07, 6.45) is -3.16. The Morgan fingerprint density at radius 1 is 1.00 bits per heavy atom. The zero-order valence-corrected chi connectivity index (χ0v) is 17.3. The number of benzene rings is 2. The van der Waals surface area contributed by atoms with Crippen LogP contribution in [0.15, 0.2) is 60.7 Å². The lowest BCUT2D eigenvalue weighted by molar-refractivity contribution is -0.170. The van der Waals surface area contributed by atoms with Crippen LogP contribution in [0.25, 0.3) is 0 Å². The summed E-state index contributed by atoms with van der Waals surface area (Å²) in [4.78, 5) is 23.4. The van der Waals surface area contributed by atoms with Crippen LogP contribution in [0.3, 0.4) is 0 Å². The highest BCUT2D eigenvalue weighted by atomic mass is 16.6. The van der Waals surface area contributed by atoms with Gasteiger partial charge in [-0.3, -0.25) is 0 Å². The van der Waals surface area contributed by atoms with Gasteiger partial charge in [-0.15, -0.1) is 0 Å². The summed E-state index contributed by atoms with van der Waals surface area (Å²) in [5, 5.41) is 11.1. The fourth-order valence-corrected chi connectivity index (χ4v) is 3.28. The van der Waals surface area contributed by atoms with E-state index >= 15 is 0 Å². The summed E-state index contributed by atoms with van der Waals surface area (Å²) in [7, 11) is 0. The quantitative estimate of drug-likeness (QED) is 0.653. The smallest absolute Gasteiger partial charge is 0.405 e. The SMILES string of the molecule is C[C@H]1OC(=O)[C@H](NC(=O)O)COC[C@H](OCc2ccccc2)[C@H]1OCc1ccccc1. The van der Waals surface area contributed by atoms with Gasteiger partial charge in [0.05, 0.1) is 26.4 Å². The third-order valence-electron chi connectivity index (χ3n) is 4.87. The first-order valence-electron chi connectivity index (χ1n) is 10.1. The average molecular weight is 429 g/mol. The summed E-state index contributed by atoms with van der Waals surface area (Å²) < 4.78 is 23.4. The lowest BCUT2D eigenvalue weighted by atomic mass is 10.1. The van der Waals surface area contributed by atoms with E-state index in [2.05, 4.69) is 5.32 Å². The molecule has 1 fully saturated rings. The number of carbonyl (C=O) groups excluding carboxylic acids is 1. The summed E-state index contributed by atoms with van der Waals surface area (Å²) in [6, 6.07) is 18.2. The van der Waals surface area contributed by atoms with Gasteiger partial charge >= 0.3 is 12.1 Å². The van der Waals surface area contributed by atoms with Crippen LogP contribution in [0, 0.1) is 0 Å². The number of nitrogens with one attached hydrogen (secondary N) is 1. The highest BCUT2D eigenvalue weighted by Gasteiger charge is 2.36. The molecule has 1 heterocycles. The van der Waals surface area contributed by atoms with Crippen molar-refractivity contribution in [2.75, 3.05) is 13.2 Å². The molecule has 8 heteroatoms. The normalized spacial score (nSPS) is 24.4. The number of carbonyl (C=O) groups is 2. The minimum Gasteiger partial charge on any atom is -0.465 e. The van der Waals surface area contributed by atoms with Gasteiger partial charge in [-0.1, -0.05) is 60.7 Å². The number of amides is 1. The molecule has 1 aliphatic heterocycles. The van der Waals surface area contributed by atoms with E-state index in [1.807, 2.05) is 60.7 Å². The molecule has 4 atom stereocenters. The van der Waals surface area contributed by atoms with Crippen molar-refractivity contribution in [2.45, 2.75) is 44.5 Å². The standard InChI is InChI=1S/C23H27NO7/c1-16-21(30-13-18-10-6-3-7-11-18)20(29-12-17-8-4-2-5-9-17)15-28-14-19(22(25)31-16)24-23(26)27/h2-11,16,19-21,24H,12-15H2,1H3,(H,26,27)/t16-,19-,20+,21+/m1/s1. The largest absolute Gasteiger partial charge is 0.465 e. The van der Waals surface area contributed by atoms with Crippen LogP contribution in [0.2, 0.25) is 0 Å². The Morgan fingerprint density at radius 3 is 2.16 bits per heavy atom. The first-order chi connectivity index (χ1) is 15.0. The molecule has 1 aliphatic rings. The van der Waals surface area contributed by atoms with Crippen molar-refractivity contribution in [1.29, 1.82) is 0 Å². The van der Waals surface area contributed by atoms with Gasteiger partial charge in [-0.25, -0.2) is 9.59 Å². The molecule has 0 spiro atoms. The maximum absolute atomic E-state index is 12.4. The Kier molecular flexibility index (Phi) is 8.40. The molecule has 0 unspecified atom stereocenters. The molecule has 1 amide bonds. The summed E-state index contributed by atoms with van der Waals surface area (Å²) in [5.74, 6) is -0.716. The van der Waals surface area contributed by atoms with Gasteiger partial charge in [0.15, 0.2) is 6.04 Å². The molecule has 0 aliphatic carbocycles. The van der Waals surface area contributed by atoms with E-state index in [4.69, 9.17) is 24.1 Å². The second-order valence-corrected chi connectivity index (χ2v) is 7.28. The Bertz CT molecular complexity index is 830. The Labute approximate surface area is 181 Å². The van der Waals surface area contributed by atoms with E-state index in [1.165, 1.54) is 0 Å². The predicted molar refractivity (Wildman–Crippen MR) is 111 cm³/mol. The molecule has 166 valence electrons. The number of hydrogen-bond acceptors (Lipinski definition) is 6. The highest BCUT2D eigenvalue weighted by molar-refractivity contribution is 5.81. The predicted octanol–water partition coefficient (Wildman–Crippen LogP) is 2.76. The molecule has 0 bridgehead atoms. The highest BCUT2D eigenvalue weighted by Crippen LogP contribution is 2.19. The van der Waals surface area contributed by atoms with E-state index in [0.29, 0.717) is 13.2 Å².